The zero-order chi connectivity index (χ0) is 21.4. The Morgan fingerprint density at radius 2 is 1.90 bits per heavy atom. The highest BCUT2D eigenvalue weighted by Gasteiger charge is 2.66. The minimum absolute atomic E-state index is 0.0149. The Morgan fingerprint density at radius 3 is 2.45 bits per heavy atom. The number of urea groups is 1. The number of alkyl halides is 3. The fraction of sp³-hybridized carbons (Fsp3) is 0.333. The van der Waals surface area contributed by atoms with E-state index in [1.807, 2.05) is 0 Å². The number of aliphatic hydroxyl groups is 1. The summed E-state index contributed by atoms with van der Waals surface area (Å²) < 4.78 is 51.7. The van der Waals surface area contributed by atoms with Crippen LogP contribution in [0.2, 0.25) is 0 Å². The first kappa shape index (κ1) is 20.9. The van der Waals surface area contributed by atoms with Crippen LogP contribution in [0.4, 0.5) is 18.0 Å². The Kier molecular flexibility index (Phi) is 5.46. The van der Waals surface area contributed by atoms with E-state index in [0.29, 0.717) is 5.75 Å². The molecule has 1 aromatic carbocycles. The quantitative estimate of drug-likeness (QED) is 0.634. The summed E-state index contributed by atoms with van der Waals surface area (Å²) in [6, 6.07) is 4.28. The first-order chi connectivity index (χ1) is 13.6. The number of nitrogens with one attached hydrogen (secondary N) is 2. The van der Waals surface area contributed by atoms with Gasteiger partial charge in [-0.3, -0.25) is 4.79 Å². The van der Waals surface area contributed by atoms with Crippen molar-refractivity contribution < 1.29 is 37.3 Å². The van der Waals surface area contributed by atoms with Gasteiger partial charge >= 0.3 is 12.2 Å². The van der Waals surface area contributed by atoms with Crippen LogP contribution in [0, 0.1) is 5.92 Å². The van der Waals surface area contributed by atoms with Crippen molar-refractivity contribution >= 4 is 23.2 Å². The number of hydrogen-bond acceptors (Lipinski definition) is 6. The Bertz CT molecular complexity index is 919. The first-order valence-corrected chi connectivity index (χ1v) is 9.17. The standard InChI is InChI=1S/C18H17F3N2O5S/c1-27-10-6-5-9(8-11(10)28-2)14-13(15(24)12-4-3-7-29-12)17(26,18(19,20)21)23-16(25)22-14/h3-8,13-14,26H,1-2H3,(H2,22,23,25)/t13-,14+,17+/m1/s1. The molecule has 11 heteroatoms. The maximum absolute atomic E-state index is 13.8. The lowest BCUT2D eigenvalue weighted by molar-refractivity contribution is -0.287. The van der Waals surface area contributed by atoms with Crippen LogP contribution in [0.15, 0.2) is 35.7 Å². The highest BCUT2D eigenvalue weighted by molar-refractivity contribution is 7.12. The molecule has 7 nitrogen and oxygen atoms in total. The number of Topliss-reactive ketones (excluding diaryl/α,β-unsaturated/α-hetero) is 1. The van der Waals surface area contributed by atoms with E-state index in [2.05, 4.69) is 5.32 Å². The van der Waals surface area contributed by atoms with Gasteiger partial charge in [0.15, 0.2) is 17.3 Å². The van der Waals surface area contributed by atoms with Crippen molar-refractivity contribution in [3.63, 3.8) is 0 Å². The van der Waals surface area contributed by atoms with Gasteiger partial charge in [0, 0.05) is 0 Å². The molecule has 1 aliphatic heterocycles. The number of methoxy groups -OCH3 is 2. The summed E-state index contributed by atoms with van der Waals surface area (Å²) in [6.45, 7) is 0. The molecule has 3 atom stereocenters. The molecule has 1 fully saturated rings. The molecule has 1 saturated heterocycles. The molecule has 1 aromatic heterocycles. The van der Waals surface area contributed by atoms with Gasteiger partial charge in [-0.2, -0.15) is 13.2 Å². The summed E-state index contributed by atoms with van der Waals surface area (Å²) in [5.41, 5.74) is -3.64. The van der Waals surface area contributed by atoms with E-state index in [1.54, 1.807) is 0 Å². The molecule has 1 aliphatic rings. The maximum Gasteiger partial charge on any atom is 0.437 e. The first-order valence-electron chi connectivity index (χ1n) is 8.29. The zero-order valence-electron chi connectivity index (χ0n) is 15.2. The summed E-state index contributed by atoms with van der Waals surface area (Å²) in [6.07, 6.45) is -5.31. The van der Waals surface area contributed by atoms with E-state index in [-0.39, 0.29) is 16.2 Å². The number of hydrogen-bond donors (Lipinski definition) is 3. The van der Waals surface area contributed by atoms with Crippen molar-refractivity contribution in [1.29, 1.82) is 0 Å². The van der Waals surface area contributed by atoms with E-state index in [0.717, 1.165) is 11.3 Å². The minimum Gasteiger partial charge on any atom is -0.493 e. The number of ether oxygens (including phenoxy) is 2. The summed E-state index contributed by atoms with van der Waals surface area (Å²) >= 11 is 0.935. The SMILES string of the molecule is COc1ccc([C@@H]2NC(=O)N[C@@](O)(C(F)(F)F)[C@H]2C(=O)c2cccs2)cc1OC. The summed E-state index contributed by atoms with van der Waals surface area (Å²) in [5, 5.41) is 15.8. The molecule has 2 aromatic rings. The summed E-state index contributed by atoms with van der Waals surface area (Å²) in [5.74, 6) is -2.55. The van der Waals surface area contributed by atoms with Crippen LogP contribution in [0.1, 0.15) is 21.3 Å². The molecule has 3 rings (SSSR count). The van der Waals surface area contributed by atoms with Crippen LogP contribution in [0.5, 0.6) is 11.5 Å². The van der Waals surface area contributed by atoms with Crippen LogP contribution in [0.3, 0.4) is 0 Å². The fourth-order valence-electron chi connectivity index (χ4n) is 3.24. The molecule has 2 heterocycles. The predicted molar refractivity (Wildman–Crippen MR) is 97.1 cm³/mol. The Labute approximate surface area is 167 Å². The van der Waals surface area contributed by atoms with E-state index < -0.39 is 35.7 Å². The molecule has 3 N–H and O–H groups in total. The Morgan fingerprint density at radius 1 is 1.21 bits per heavy atom. The molecular weight excluding hydrogens is 413 g/mol. The van der Waals surface area contributed by atoms with Crippen LogP contribution < -0.4 is 20.1 Å². The van der Waals surface area contributed by atoms with E-state index >= 15 is 0 Å². The second-order valence-electron chi connectivity index (χ2n) is 6.27. The average molecular weight is 430 g/mol. The van der Waals surface area contributed by atoms with Gasteiger partial charge in [0.25, 0.3) is 0 Å². The van der Waals surface area contributed by atoms with Gasteiger partial charge in [0.05, 0.1) is 25.1 Å². The predicted octanol–water partition coefficient (Wildman–Crippen LogP) is 2.87. The van der Waals surface area contributed by atoms with Crippen LogP contribution in [-0.2, 0) is 0 Å². The van der Waals surface area contributed by atoms with Gasteiger partial charge in [-0.25, -0.2) is 4.79 Å². The van der Waals surface area contributed by atoms with Crippen LogP contribution >= 0.6 is 11.3 Å². The third kappa shape index (κ3) is 3.62. The van der Waals surface area contributed by atoms with Gasteiger partial charge in [-0.15, -0.1) is 11.3 Å². The second-order valence-corrected chi connectivity index (χ2v) is 7.22. The van der Waals surface area contributed by atoms with E-state index in [4.69, 9.17) is 9.47 Å². The van der Waals surface area contributed by atoms with E-state index in [1.165, 1.54) is 55.2 Å². The van der Waals surface area contributed by atoms with Crippen LogP contribution in [0.25, 0.3) is 0 Å². The topological polar surface area (TPSA) is 96.9 Å². The number of ketones is 1. The second kappa shape index (κ2) is 7.56. The Hall–Kier alpha value is -2.79. The number of carbonyl (C=O) groups excluding carboxylic acids is 2. The number of benzene rings is 1. The van der Waals surface area contributed by atoms with Gasteiger partial charge in [0.1, 0.15) is 5.92 Å². The number of halogens is 3. The number of carbonyl (C=O) groups is 2. The molecule has 156 valence electrons. The number of amides is 2. The van der Waals surface area contributed by atoms with E-state index in [9.17, 15) is 27.9 Å². The molecule has 29 heavy (non-hydrogen) atoms. The Balaban J connectivity index is 2.17. The molecule has 0 unspecified atom stereocenters. The van der Waals surface area contributed by atoms with Crippen molar-refractivity contribution in [2.45, 2.75) is 17.9 Å². The fourth-order valence-corrected chi connectivity index (χ4v) is 3.94. The highest BCUT2D eigenvalue weighted by Crippen LogP contribution is 2.45. The highest BCUT2D eigenvalue weighted by atomic mass is 32.1. The average Bonchev–Trinajstić information content (AvgIpc) is 3.20. The van der Waals surface area contributed by atoms with Crippen molar-refractivity contribution in [2.75, 3.05) is 14.2 Å². The molecule has 2 amide bonds. The lowest BCUT2D eigenvalue weighted by Gasteiger charge is -2.44. The zero-order valence-corrected chi connectivity index (χ0v) is 16.1. The molecule has 0 radical (unpaired) electrons. The third-order valence-corrected chi connectivity index (χ3v) is 5.50. The van der Waals surface area contributed by atoms with Crippen molar-refractivity contribution in [3.05, 3.63) is 46.2 Å². The lowest BCUT2D eigenvalue weighted by Crippen LogP contribution is -2.72. The van der Waals surface area contributed by atoms with Crippen molar-refractivity contribution in [1.82, 2.24) is 10.6 Å². The minimum atomic E-state index is -5.31. The summed E-state index contributed by atoms with van der Waals surface area (Å²) in [4.78, 5) is 25.0. The maximum atomic E-state index is 13.8. The largest absolute Gasteiger partial charge is 0.493 e. The number of thiophene rings is 1. The molecule has 0 aliphatic carbocycles. The lowest BCUT2D eigenvalue weighted by atomic mass is 9.78. The summed E-state index contributed by atoms with van der Waals surface area (Å²) in [7, 11) is 2.72. The normalized spacial score (nSPS) is 24.4. The molecule has 0 saturated carbocycles. The monoisotopic (exact) mass is 430 g/mol. The van der Waals surface area contributed by atoms with Crippen molar-refractivity contribution in [2.24, 2.45) is 5.92 Å². The smallest absolute Gasteiger partial charge is 0.437 e. The van der Waals surface area contributed by atoms with Crippen LogP contribution in [-0.4, -0.2) is 43.0 Å². The molecular formula is C18H17F3N2O5S. The van der Waals surface area contributed by atoms with Crippen molar-refractivity contribution in [3.8, 4) is 11.5 Å². The molecule has 0 bridgehead atoms. The number of rotatable bonds is 5. The van der Waals surface area contributed by atoms with Gasteiger partial charge < -0.3 is 25.2 Å². The van der Waals surface area contributed by atoms with Gasteiger partial charge in [-0.1, -0.05) is 12.1 Å². The van der Waals surface area contributed by atoms with Gasteiger partial charge in [0.2, 0.25) is 5.72 Å². The molecule has 0 spiro atoms. The third-order valence-electron chi connectivity index (χ3n) is 4.62. The van der Waals surface area contributed by atoms with Gasteiger partial charge in [-0.05, 0) is 29.1 Å².